The van der Waals surface area contributed by atoms with E-state index in [1.165, 1.54) is 126 Å². The van der Waals surface area contributed by atoms with E-state index in [0.717, 1.165) is 122 Å². The minimum Gasteiger partial charge on any atom is -0.351 e. The molecule has 0 aliphatic rings. The van der Waals surface area contributed by atoms with E-state index in [-0.39, 0.29) is 81.4 Å². The van der Waals surface area contributed by atoms with E-state index in [2.05, 4.69) is 403 Å². The Balaban J connectivity index is 0.000000170. The molecule has 0 bridgehead atoms. The summed E-state index contributed by atoms with van der Waals surface area (Å²) in [6.45, 7) is 57.2. The Morgan fingerprint density at radius 3 is 0.674 bits per heavy atom. The molecule has 144 heavy (non-hydrogen) atoms. The van der Waals surface area contributed by atoms with Crippen molar-refractivity contribution >= 4 is 164 Å². The Labute approximate surface area is 853 Å². The van der Waals surface area contributed by atoms with Crippen molar-refractivity contribution in [2.45, 2.75) is 230 Å². The average Bonchev–Trinajstić information content (AvgIpc) is 1.44. The Bertz CT molecular complexity index is 8290. The number of aromatic nitrogens is 8. The summed E-state index contributed by atoms with van der Waals surface area (Å²) in [4.78, 5) is 40.4. The zero-order chi connectivity index (χ0) is 102. The first kappa shape index (κ1) is 98.9. The van der Waals surface area contributed by atoms with E-state index in [9.17, 15) is 27.2 Å². The van der Waals surface area contributed by atoms with Crippen LogP contribution in [-0.4, -0.2) is 49.8 Å². The van der Waals surface area contributed by atoms with Gasteiger partial charge >= 0.3 is 20.1 Å². The third-order valence-electron chi connectivity index (χ3n) is 28.8. The van der Waals surface area contributed by atoms with Crippen molar-refractivity contribution in [3.8, 4) is 45.3 Å². The molecule has 0 saturated carbocycles. The van der Waals surface area contributed by atoms with E-state index in [1.54, 1.807) is 12.4 Å². The van der Waals surface area contributed by atoms with Crippen LogP contribution >= 0.6 is 0 Å². The summed E-state index contributed by atoms with van der Waals surface area (Å²) >= 11 is 0. The maximum Gasteiger partial charge on any atom is 3.00 e. The molecular weight excluding hydrogens is 1960 g/mol. The summed E-state index contributed by atoms with van der Waals surface area (Å²) in [7, 11) is 0. The molecule has 0 spiro atoms. The summed E-state index contributed by atoms with van der Waals surface area (Å²) in [6, 6.07) is 91.5. The first-order valence-corrected chi connectivity index (χ1v) is 49.6. The number of fused-ring (bicyclic) bond motifs is 24. The van der Waals surface area contributed by atoms with Gasteiger partial charge in [0.1, 0.15) is 34.8 Å². The van der Waals surface area contributed by atoms with Gasteiger partial charge in [-0.1, -0.05) is 238 Å². The molecule has 16 aromatic carbocycles. The van der Waals surface area contributed by atoms with Crippen LogP contribution in [0.25, 0.3) is 198 Å². The zero-order valence-corrected chi connectivity index (χ0v) is 89.6. The van der Waals surface area contributed by atoms with Gasteiger partial charge in [-0.25, -0.2) is 17.6 Å². The minimum absolute atomic E-state index is 0. The molecule has 10 nitrogen and oxygen atoms in total. The monoisotopic (exact) mass is 2080 g/mol. The maximum atomic E-state index is 14.6. The van der Waals surface area contributed by atoms with Gasteiger partial charge in [-0.05, 0) is 280 Å². The van der Waals surface area contributed by atoms with Gasteiger partial charge in [0, 0.05) is 123 Å². The van der Waals surface area contributed by atoms with Crippen molar-refractivity contribution in [1.29, 1.82) is 0 Å². The number of hydrogen-bond acceptors (Lipinski definition) is 6. The van der Waals surface area contributed by atoms with E-state index >= 15 is 0 Å². The van der Waals surface area contributed by atoms with Gasteiger partial charge < -0.3 is 28.2 Å². The quantitative estimate of drug-likeness (QED) is 0.0649. The summed E-state index contributed by atoms with van der Waals surface area (Å²) in [5.41, 5.74) is 27.1. The van der Waals surface area contributed by atoms with E-state index in [1.807, 2.05) is 0 Å². The van der Waals surface area contributed by atoms with Gasteiger partial charge in [0.25, 0.3) is 0 Å². The molecule has 0 saturated heterocycles. The van der Waals surface area contributed by atoms with Crippen molar-refractivity contribution in [3.63, 3.8) is 0 Å². The average molecular weight is 2080 g/mol. The summed E-state index contributed by atoms with van der Waals surface area (Å²) in [5, 5.41) is 17.0. The topological polar surface area (TPSA) is 105 Å². The second-order valence-electron chi connectivity index (χ2n) is 47.8. The molecule has 0 radical (unpaired) electrons. The SMILES string of the molecule is CC(=O)CC(C)=O.CC(C)(C)c1ccc2c(c1)c1cc(C(C)(C)C)ccc1n2-c1c[c-]c2c(c1)c1cc(-n3c4ccc(C(C)(C)C)cc4c4cc(C(C)(C)C)ccc43)ccc1c1nc(-c3cc(F)cc(F)c3)cnc21.CC(C)(C)c1ccc2c(c1)c1cc(C(C)(C)C)ccc1n2-c1c[c-]c2c(c1)c1cc(-n3c4ccc(C(C)(C)C)cc4c4cc(C(C)(C)C)ccc43)ccc1c1nc(-c3cc(F)cc(F)c3)cnc21.[Ir+3]. The Kier molecular flexibility index (Phi) is 24.2. The van der Waals surface area contributed by atoms with Crippen LogP contribution in [0.1, 0.15) is 231 Å². The fourth-order valence-electron chi connectivity index (χ4n) is 20.7. The van der Waals surface area contributed by atoms with Gasteiger partial charge in [-0.2, -0.15) is 0 Å². The summed E-state index contributed by atoms with van der Waals surface area (Å²) in [5.74, 6) is -2.79. The van der Waals surface area contributed by atoms with Crippen LogP contribution < -0.4 is 0 Å². The number of hydrogen-bond donors (Lipinski definition) is 0. The molecule has 22 rings (SSSR count). The van der Waals surface area contributed by atoms with Crippen LogP contribution in [0.5, 0.6) is 0 Å². The molecule has 0 N–H and O–H groups in total. The van der Waals surface area contributed by atoms with Gasteiger partial charge in [-0.3, -0.25) is 19.6 Å². The predicted octanol–water partition coefficient (Wildman–Crippen LogP) is 34.7. The largest absolute Gasteiger partial charge is 3.00 e. The standard InChI is InChI=1S/2C62H57F2N4.C5H8O2.Ir/c2*1-59(2,3)36-13-21-53-48(27-36)49-28-37(60(4,5)6)14-22-54(49)67(53)42-17-19-44-46(32-42)47-33-43(18-20-45(47)58-57(44)65-34-52(66-58)35-25-40(63)31-41(64)26-35)68-55-23-15-38(61(7,8)9)29-50(55)51-30-39(62(10,11)12)16-24-56(51)68;1-4(6)3-5(2)7;/h2*13-18,20-34H,1-12H3;3H2,1-2H3;/q2*-1;;+3. The third-order valence-corrected chi connectivity index (χ3v) is 28.8. The molecule has 0 atom stereocenters. The number of benzene rings is 16. The fraction of sp³-hybridized carbons (Fsp3) is 0.271. The number of halogens is 4. The van der Waals surface area contributed by atoms with Crippen LogP contribution in [0.3, 0.4) is 0 Å². The van der Waals surface area contributed by atoms with E-state index in [4.69, 9.17) is 19.9 Å². The molecule has 15 heteroatoms. The second kappa shape index (κ2) is 35.3. The van der Waals surface area contributed by atoms with Gasteiger partial charge in [0.05, 0.1) is 50.9 Å². The van der Waals surface area contributed by atoms with Crippen molar-refractivity contribution < 1.29 is 47.3 Å². The second-order valence-corrected chi connectivity index (χ2v) is 47.8. The van der Waals surface area contributed by atoms with E-state index < -0.39 is 23.3 Å². The number of rotatable bonds is 8. The number of ketones is 2. The van der Waals surface area contributed by atoms with Gasteiger partial charge in [0.2, 0.25) is 0 Å². The van der Waals surface area contributed by atoms with Crippen molar-refractivity contribution in [2.75, 3.05) is 0 Å². The molecule has 22 aromatic rings. The van der Waals surface area contributed by atoms with Gasteiger partial charge in [-0.15, -0.1) is 47.2 Å². The minimum atomic E-state index is -0.666. The molecule has 6 aromatic heterocycles. The Morgan fingerprint density at radius 2 is 0.465 bits per heavy atom. The molecule has 0 amide bonds. The van der Waals surface area contributed by atoms with Crippen molar-refractivity contribution in [1.82, 2.24) is 38.2 Å². The smallest absolute Gasteiger partial charge is 0.351 e. The van der Waals surface area contributed by atoms with Crippen LogP contribution in [0.4, 0.5) is 17.6 Å². The number of carbonyl (C=O) groups excluding carboxylic acids is 2. The van der Waals surface area contributed by atoms with Crippen LogP contribution in [0, 0.1) is 35.4 Å². The number of carbonyl (C=O) groups is 2. The molecule has 6 heterocycles. The molecular formula is C129H122F4IrN8O2+. The molecule has 0 fully saturated rings. The van der Waals surface area contributed by atoms with Crippen LogP contribution in [0.2, 0.25) is 0 Å². The third kappa shape index (κ3) is 17.9. The summed E-state index contributed by atoms with van der Waals surface area (Å²) in [6.07, 6.45) is 3.31. The molecule has 0 aliphatic heterocycles. The fourth-order valence-corrected chi connectivity index (χ4v) is 20.7. The van der Waals surface area contributed by atoms with Gasteiger partial charge in [0.15, 0.2) is 0 Å². The van der Waals surface area contributed by atoms with Crippen LogP contribution in [0.15, 0.2) is 255 Å². The Hall–Kier alpha value is -13.9. The zero-order valence-electron chi connectivity index (χ0n) is 87.2. The molecule has 0 unspecified atom stereocenters. The van der Waals surface area contributed by atoms with Crippen molar-refractivity contribution in [3.05, 3.63) is 335 Å². The maximum absolute atomic E-state index is 14.6. The normalized spacial score (nSPS) is 12.8. The molecule has 726 valence electrons. The van der Waals surface area contributed by atoms with Crippen LogP contribution in [-0.2, 0) is 73.0 Å². The number of nitrogens with zero attached hydrogens (tertiary/aromatic N) is 8. The predicted molar refractivity (Wildman–Crippen MR) is 590 cm³/mol. The first-order valence-electron chi connectivity index (χ1n) is 49.6. The molecule has 0 aliphatic carbocycles. The first-order chi connectivity index (χ1) is 67.2. The van der Waals surface area contributed by atoms with Crippen molar-refractivity contribution in [2.24, 2.45) is 0 Å². The Morgan fingerprint density at radius 1 is 0.250 bits per heavy atom. The summed E-state index contributed by atoms with van der Waals surface area (Å²) < 4.78 is 68.1. The van der Waals surface area contributed by atoms with E-state index in [0.29, 0.717) is 44.6 Å². The number of Topliss-reactive ketones (excluding diaryl/α,β-unsaturated/α-hetero) is 2.